The molecule has 284 valence electrons. The predicted molar refractivity (Wildman–Crippen MR) is 220 cm³/mol. The third-order valence-corrected chi connectivity index (χ3v) is 14.2. The third-order valence-electron chi connectivity index (χ3n) is 9.71. The van der Waals surface area contributed by atoms with Gasteiger partial charge < -0.3 is 0 Å². The number of halogens is 6. The SMILES string of the molecule is O=S(=O)(O)c1cc2c(s1)-c1c(c(C(F)=CCCCC=C(F)c3nn(-c4ccc(Cl)cc4Cl)c4c3CCCc3ccsc3-4)nn1-c1ccc(Cl)cc1Cl)CCC2. The molecule has 0 radical (unpaired) electrons. The van der Waals surface area contributed by atoms with Crippen LogP contribution in [0.25, 0.3) is 44.2 Å². The first-order chi connectivity index (χ1) is 26.4. The summed E-state index contributed by atoms with van der Waals surface area (Å²) in [7, 11) is -4.47. The first kappa shape index (κ1) is 38.5. The van der Waals surface area contributed by atoms with Gasteiger partial charge in [0.25, 0.3) is 0 Å². The minimum Gasteiger partial charge on any atom is -0.281 e. The Hall–Kier alpha value is -3.33. The number of unbranched alkanes of at least 4 members (excludes halogenated alkanes) is 2. The second kappa shape index (κ2) is 15.5. The summed E-state index contributed by atoms with van der Waals surface area (Å²) in [6, 6.07) is 13.6. The summed E-state index contributed by atoms with van der Waals surface area (Å²) in [5.74, 6) is -1.01. The molecule has 0 fully saturated rings. The molecule has 4 aromatic heterocycles. The van der Waals surface area contributed by atoms with Crippen LogP contribution in [-0.4, -0.2) is 32.5 Å². The Morgan fingerprint density at radius 3 is 1.80 bits per heavy atom. The summed E-state index contributed by atoms with van der Waals surface area (Å²) < 4.78 is 69.3. The lowest BCUT2D eigenvalue weighted by atomic mass is 10.1. The Bertz CT molecular complexity index is 2660. The number of hydrogen-bond acceptors (Lipinski definition) is 6. The van der Waals surface area contributed by atoms with E-state index in [0.29, 0.717) is 93.1 Å². The number of aromatic nitrogens is 4. The molecule has 4 heterocycles. The number of nitrogens with zero attached hydrogens (tertiary/aromatic N) is 4. The molecule has 7 nitrogen and oxygen atoms in total. The van der Waals surface area contributed by atoms with Crippen LogP contribution in [0, 0.1) is 0 Å². The van der Waals surface area contributed by atoms with Gasteiger partial charge in [0.05, 0.1) is 42.6 Å². The number of rotatable bonds is 9. The van der Waals surface area contributed by atoms with E-state index in [0.717, 1.165) is 40.3 Å². The van der Waals surface area contributed by atoms with Gasteiger partial charge in [0.15, 0.2) is 0 Å². The molecule has 2 aliphatic carbocycles. The highest BCUT2D eigenvalue weighted by atomic mass is 35.5. The highest BCUT2D eigenvalue weighted by Crippen LogP contribution is 2.45. The first-order valence-electron chi connectivity index (χ1n) is 17.4. The second-order valence-corrected chi connectivity index (χ2v) is 18.6. The van der Waals surface area contributed by atoms with E-state index in [9.17, 15) is 13.0 Å². The molecule has 0 atom stereocenters. The van der Waals surface area contributed by atoms with Crippen LogP contribution in [0.15, 0.2) is 70.3 Å². The summed E-state index contributed by atoms with van der Waals surface area (Å²) in [4.78, 5) is 1.60. The summed E-state index contributed by atoms with van der Waals surface area (Å²) in [5.41, 5.74) is 6.08. The molecule has 0 spiro atoms. The van der Waals surface area contributed by atoms with E-state index in [1.807, 2.05) is 5.38 Å². The first-order valence-corrected chi connectivity index (χ1v) is 22.1. The molecule has 0 amide bonds. The average molecular weight is 879 g/mol. The predicted octanol–water partition coefficient (Wildman–Crippen LogP) is 12.8. The minimum absolute atomic E-state index is 0.111. The Kier molecular flexibility index (Phi) is 10.9. The largest absolute Gasteiger partial charge is 0.304 e. The normalized spacial score (nSPS) is 14.6. The molecule has 6 aromatic rings. The smallest absolute Gasteiger partial charge is 0.281 e. The van der Waals surface area contributed by atoms with Crippen LogP contribution in [0.1, 0.15) is 65.7 Å². The van der Waals surface area contributed by atoms with Crippen molar-refractivity contribution in [3.63, 3.8) is 0 Å². The fraction of sp³-hybridized carbons (Fsp3) is 0.231. The van der Waals surface area contributed by atoms with Crippen molar-refractivity contribution in [1.29, 1.82) is 0 Å². The zero-order valence-electron chi connectivity index (χ0n) is 28.8. The van der Waals surface area contributed by atoms with Crippen LogP contribution in [0.3, 0.4) is 0 Å². The molecular formula is C39H30Cl4F2N4O3S3. The van der Waals surface area contributed by atoms with Gasteiger partial charge in [0.2, 0.25) is 0 Å². The van der Waals surface area contributed by atoms with Crippen LogP contribution in [0.5, 0.6) is 0 Å². The van der Waals surface area contributed by atoms with Crippen molar-refractivity contribution in [1.82, 2.24) is 19.6 Å². The molecule has 0 aliphatic heterocycles. The van der Waals surface area contributed by atoms with Gasteiger partial charge >= 0.3 is 10.1 Å². The lowest BCUT2D eigenvalue weighted by Crippen LogP contribution is -2.00. The van der Waals surface area contributed by atoms with Crippen LogP contribution >= 0.6 is 69.1 Å². The monoisotopic (exact) mass is 876 g/mol. The molecule has 8 rings (SSSR count). The van der Waals surface area contributed by atoms with Gasteiger partial charge in [0.1, 0.15) is 27.3 Å². The molecule has 0 unspecified atom stereocenters. The lowest BCUT2D eigenvalue weighted by molar-refractivity contribution is 0.485. The van der Waals surface area contributed by atoms with Crippen molar-refractivity contribution in [3.05, 3.63) is 120 Å². The Labute approximate surface area is 344 Å². The molecule has 0 saturated carbocycles. The highest BCUT2D eigenvalue weighted by molar-refractivity contribution is 7.88. The molecule has 55 heavy (non-hydrogen) atoms. The highest BCUT2D eigenvalue weighted by Gasteiger charge is 2.31. The van der Waals surface area contributed by atoms with E-state index in [-0.39, 0.29) is 20.6 Å². The maximum atomic E-state index is 16.2. The molecule has 2 aliphatic rings. The van der Waals surface area contributed by atoms with Crippen molar-refractivity contribution in [2.75, 3.05) is 0 Å². The maximum absolute atomic E-state index is 16.2. The Morgan fingerprint density at radius 1 is 0.745 bits per heavy atom. The summed E-state index contributed by atoms with van der Waals surface area (Å²) in [5, 5.41) is 13.0. The van der Waals surface area contributed by atoms with Gasteiger partial charge in [-0.05, 0) is 135 Å². The zero-order valence-corrected chi connectivity index (χ0v) is 34.2. The summed E-state index contributed by atoms with van der Waals surface area (Å²) >= 11 is 28.1. The zero-order chi connectivity index (χ0) is 38.6. The minimum atomic E-state index is -4.47. The van der Waals surface area contributed by atoms with Crippen molar-refractivity contribution in [3.8, 4) is 32.5 Å². The number of thiophene rings is 2. The number of benzene rings is 2. The quantitative estimate of drug-likeness (QED) is 0.115. The number of aryl methyl sites for hydroxylation is 2. The van der Waals surface area contributed by atoms with E-state index >= 15 is 8.78 Å². The molecule has 2 aromatic carbocycles. The van der Waals surface area contributed by atoms with Gasteiger partial charge in [0, 0.05) is 21.2 Å². The standard InChI is InChI=1S/C39H30Cl4F2N4O3S3/c40-23-12-14-31(27(42)19-23)48-36-25(8-4-6-21-16-17-53-38(21)36)34(46-48)29(44)10-2-1-3-11-30(45)35-26-9-5-7-22-18-33(55(50,51)52)54-39(22)37(26)49(47-35)32-15-13-24(41)20-28(32)43/h10-20H,1-9H2,(H,50,51,52). The van der Waals surface area contributed by atoms with Gasteiger partial charge in [-0.15, -0.1) is 22.7 Å². The molecule has 1 N–H and O–H groups in total. The second-order valence-electron chi connectivity index (χ2n) is 13.3. The topological polar surface area (TPSA) is 90.0 Å². The summed E-state index contributed by atoms with van der Waals surface area (Å²) in [6.07, 6.45) is 7.96. The Balaban J connectivity index is 1.08. The van der Waals surface area contributed by atoms with E-state index in [1.54, 1.807) is 52.4 Å². The van der Waals surface area contributed by atoms with Gasteiger partial charge in [-0.1, -0.05) is 46.4 Å². The number of fused-ring (bicyclic) bond motifs is 6. The van der Waals surface area contributed by atoms with Gasteiger partial charge in [-0.25, -0.2) is 18.1 Å². The van der Waals surface area contributed by atoms with Crippen molar-refractivity contribution < 1.29 is 21.8 Å². The van der Waals surface area contributed by atoms with Crippen LogP contribution in [-0.2, 0) is 35.8 Å². The van der Waals surface area contributed by atoms with E-state index in [1.165, 1.54) is 28.5 Å². The molecule has 0 bridgehead atoms. The summed E-state index contributed by atoms with van der Waals surface area (Å²) in [6.45, 7) is 0. The Morgan fingerprint density at radius 2 is 1.27 bits per heavy atom. The van der Waals surface area contributed by atoms with Crippen LogP contribution < -0.4 is 0 Å². The van der Waals surface area contributed by atoms with Crippen molar-refractivity contribution in [2.24, 2.45) is 0 Å². The van der Waals surface area contributed by atoms with E-state index < -0.39 is 21.8 Å². The third kappa shape index (κ3) is 7.48. The molecule has 16 heteroatoms. The average Bonchev–Trinajstić information content (AvgIpc) is 3.89. The van der Waals surface area contributed by atoms with E-state index in [2.05, 4.69) is 11.2 Å². The van der Waals surface area contributed by atoms with Crippen molar-refractivity contribution in [2.45, 2.75) is 62.0 Å². The molecular weight excluding hydrogens is 848 g/mol. The maximum Gasteiger partial charge on any atom is 0.304 e. The van der Waals surface area contributed by atoms with E-state index in [4.69, 9.17) is 51.5 Å². The van der Waals surface area contributed by atoms with Gasteiger partial charge in [-0.2, -0.15) is 18.6 Å². The van der Waals surface area contributed by atoms with Crippen LogP contribution in [0.2, 0.25) is 20.1 Å². The van der Waals surface area contributed by atoms with Crippen LogP contribution in [0.4, 0.5) is 8.78 Å². The number of hydrogen-bond donors (Lipinski definition) is 1. The fourth-order valence-corrected chi connectivity index (χ4v) is 11.2. The fourth-order valence-electron chi connectivity index (χ4n) is 7.22. The molecule has 0 saturated heterocycles. The lowest BCUT2D eigenvalue weighted by Gasteiger charge is -2.10. The number of allylic oxidation sites excluding steroid dienone is 2. The van der Waals surface area contributed by atoms with Gasteiger partial charge in [-0.3, -0.25) is 4.55 Å². The van der Waals surface area contributed by atoms with Crippen molar-refractivity contribution >= 4 is 90.8 Å².